The van der Waals surface area contributed by atoms with Crippen LogP contribution in [0.5, 0.6) is 0 Å². The van der Waals surface area contributed by atoms with Crippen molar-refractivity contribution in [2.45, 2.75) is 38.8 Å². The van der Waals surface area contributed by atoms with Crippen LogP contribution in [0.2, 0.25) is 0 Å². The van der Waals surface area contributed by atoms with Crippen LogP contribution in [0.15, 0.2) is 58.2 Å². The summed E-state index contributed by atoms with van der Waals surface area (Å²) < 4.78 is 7.31. The number of aromatic nitrogens is 2. The molecule has 5 rings (SSSR count). The lowest BCUT2D eigenvalue weighted by molar-refractivity contribution is -0.665. The minimum absolute atomic E-state index is 0.0973. The van der Waals surface area contributed by atoms with Gasteiger partial charge in [-0.25, -0.2) is 0 Å². The van der Waals surface area contributed by atoms with Crippen LogP contribution in [0.25, 0.3) is 21.3 Å². The number of thioether (sulfide) groups is 1. The van der Waals surface area contributed by atoms with Gasteiger partial charge in [0.1, 0.15) is 25.5 Å². The van der Waals surface area contributed by atoms with Crippen molar-refractivity contribution in [2.75, 3.05) is 11.9 Å². The highest BCUT2D eigenvalue weighted by molar-refractivity contribution is 8.08. The standard InChI is InChI=1S/C23H22N3OS3.C2H4O2/c1-4-25-16-11-7-9-13-18(16)28-19(25)14-20-26(5-2)22(27)21(30-20)23-24(3)15-10-6-8-12-17(15)29-23;1-2(3)4/h6-14H,4-5H2,1-3H3;1H3,(H,3,4)/q+1;/p-1. The maximum atomic E-state index is 13.3. The normalized spacial score (nSPS) is 14.8. The highest BCUT2D eigenvalue weighted by Crippen LogP contribution is 2.44. The molecule has 0 unspecified atom stereocenters. The number of aryl methyl sites for hydroxylation is 1. The average Bonchev–Trinajstić information content (AvgIpc) is 3.44. The largest absolute Gasteiger partial charge is 0.550 e. The van der Waals surface area contributed by atoms with Crippen LogP contribution < -0.4 is 29.3 Å². The SMILES string of the molecule is CC(=O)[O-].CCn1c(=Cc2sc3ccccc3[n+]2CC)sc(=C2Sc3ccccc3N2C)c1=O. The molecule has 1 aliphatic heterocycles. The van der Waals surface area contributed by atoms with E-state index in [0.717, 1.165) is 33.4 Å². The molecule has 0 amide bonds. The predicted molar refractivity (Wildman–Crippen MR) is 140 cm³/mol. The van der Waals surface area contributed by atoms with E-state index in [-0.39, 0.29) is 5.56 Å². The maximum Gasteiger partial charge on any atom is 0.271 e. The summed E-state index contributed by atoms with van der Waals surface area (Å²) in [6, 6.07) is 16.8. The second-order valence-electron chi connectivity index (χ2n) is 7.54. The number of carbonyl (C=O) groups is 1. The van der Waals surface area contributed by atoms with Gasteiger partial charge in [-0.05, 0) is 39.0 Å². The first kappa shape index (κ1) is 24.3. The Hall–Kier alpha value is -2.88. The summed E-state index contributed by atoms with van der Waals surface area (Å²) in [4.78, 5) is 25.5. The van der Waals surface area contributed by atoms with E-state index in [1.54, 1.807) is 34.4 Å². The fraction of sp³-hybridized carbons (Fsp3) is 0.240. The van der Waals surface area contributed by atoms with Crippen LogP contribution >= 0.6 is 34.4 Å². The first-order valence-corrected chi connectivity index (χ1v) is 13.4. The number of carboxylic acids is 1. The zero-order valence-corrected chi connectivity index (χ0v) is 21.9. The summed E-state index contributed by atoms with van der Waals surface area (Å²) in [6.45, 7) is 6.74. The maximum absolute atomic E-state index is 13.3. The lowest BCUT2D eigenvalue weighted by atomic mass is 10.3. The molecule has 0 bridgehead atoms. The summed E-state index contributed by atoms with van der Waals surface area (Å²) >= 11 is 5.06. The van der Waals surface area contributed by atoms with E-state index < -0.39 is 5.97 Å². The third-order valence-electron chi connectivity index (χ3n) is 5.36. The van der Waals surface area contributed by atoms with E-state index in [1.165, 1.54) is 20.1 Å². The quantitative estimate of drug-likeness (QED) is 0.395. The number of para-hydroxylation sites is 2. The first-order chi connectivity index (χ1) is 16.3. The molecule has 0 radical (unpaired) electrons. The molecular weight excluding hydrogens is 486 g/mol. The first-order valence-electron chi connectivity index (χ1n) is 10.9. The fourth-order valence-electron chi connectivity index (χ4n) is 3.86. The van der Waals surface area contributed by atoms with E-state index in [2.05, 4.69) is 58.9 Å². The monoisotopic (exact) mass is 511 g/mol. The van der Waals surface area contributed by atoms with Crippen molar-refractivity contribution in [3.63, 3.8) is 0 Å². The number of carbonyl (C=O) groups excluding carboxylic acids is 1. The number of nitrogens with zero attached hydrogens (tertiary/aromatic N) is 3. The topological polar surface area (TPSA) is 69.2 Å². The summed E-state index contributed by atoms with van der Waals surface area (Å²) in [7, 11) is 2.05. The van der Waals surface area contributed by atoms with Gasteiger partial charge < -0.3 is 14.8 Å². The lowest BCUT2D eigenvalue weighted by Gasteiger charge is -2.11. The number of hydrogen-bond acceptors (Lipinski definition) is 7. The molecule has 2 aromatic carbocycles. The van der Waals surface area contributed by atoms with Gasteiger partial charge in [0.05, 0.1) is 11.8 Å². The zero-order valence-electron chi connectivity index (χ0n) is 19.4. The van der Waals surface area contributed by atoms with Crippen LogP contribution in [0.4, 0.5) is 5.69 Å². The van der Waals surface area contributed by atoms with E-state index in [1.807, 2.05) is 30.7 Å². The van der Waals surface area contributed by atoms with Crippen molar-refractivity contribution in [1.29, 1.82) is 0 Å². The molecule has 0 N–H and O–H groups in total. The van der Waals surface area contributed by atoms with Crippen molar-refractivity contribution < 1.29 is 14.5 Å². The Morgan fingerprint density at radius 3 is 2.44 bits per heavy atom. The van der Waals surface area contributed by atoms with Gasteiger partial charge in [-0.15, -0.1) is 11.3 Å². The van der Waals surface area contributed by atoms with Crippen LogP contribution in [0.1, 0.15) is 25.8 Å². The zero-order chi connectivity index (χ0) is 24.4. The van der Waals surface area contributed by atoms with E-state index in [0.29, 0.717) is 6.54 Å². The number of anilines is 1. The molecule has 6 nitrogen and oxygen atoms in total. The third-order valence-corrected chi connectivity index (χ3v) is 8.96. The Morgan fingerprint density at radius 1 is 1.09 bits per heavy atom. The van der Waals surface area contributed by atoms with Gasteiger partial charge >= 0.3 is 0 Å². The number of hydrogen-bond donors (Lipinski definition) is 0. The third kappa shape index (κ3) is 4.55. The van der Waals surface area contributed by atoms with Crippen LogP contribution in [-0.2, 0) is 17.9 Å². The van der Waals surface area contributed by atoms with Gasteiger partial charge in [0.2, 0.25) is 5.52 Å². The molecule has 34 heavy (non-hydrogen) atoms. The number of benzene rings is 2. The number of thiazole rings is 2. The highest BCUT2D eigenvalue weighted by atomic mass is 32.2. The minimum Gasteiger partial charge on any atom is -0.550 e. The predicted octanol–water partition coefficient (Wildman–Crippen LogP) is 2.34. The molecule has 0 aliphatic carbocycles. The minimum atomic E-state index is -1.08. The Bertz CT molecular complexity index is 1540. The average molecular weight is 512 g/mol. The Morgan fingerprint density at radius 2 is 1.76 bits per heavy atom. The summed E-state index contributed by atoms with van der Waals surface area (Å²) in [5, 5.41) is 11.1. The molecule has 0 spiro atoms. The summed E-state index contributed by atoms with van der Waals surface area (Å²) in [5.41, 5.74) is 2.50. The molecule has 176 valence electrons. The van der Waals surface area contributed by atoms with E-state index in [4.69, 9.17) is 9.90 Å². The second-order valence-corrected chi connectivity index (χ2v) is 10.7. The lowest BCUT2D eigenvalue weighted by Crippen LogP contribution is -2.35. The molecule has 1 aliphatic rings. The van der Waals surface area contributed by atoms with Crippen molar-refractivity contribution in [1.82, 2.24) is 4.57 Å². The van der Waals surface area contributed by atoms with Crippen molar-refractivity contribution >= 4 is 67.4 Å². The van der Waals surface area contributed by atoms with Crippen LogP contribution in [0.3, 0.4) is 0 Å². The van der Waals surface area contributed by atoms with Crippen molar-refractivity contribution in [3.05, 3.63) is 73.1 Å². The Labute approximate surface area is 209 Å². The molecular formula is C25H25N3O3S3. The van der Waals surface area contributed by atoms with Gasteiger partial charge in [-0.2, -0.15) is 4.57 Å². The molecule has 0 saturated carbocycles. The van der Waals surface area contributed by atoms with Crippen molar-refractivity contribution in [3.8, 4) is 0 Å². The van der Waals surface area contributed by atoms with E-state index in [9.17, 15) is 4.79 Å². The molecule has 2 aromatic heterocycles. The van der Waals surface area contributed by atoms with Gasteiger partial charge in [0, 0.05) is 30.5 Å². The second kappa shape index (κ2) is 10.2. The van der Waals surface area contributed by atoms with Gasteiger partial charge in [-0.3, -0.25) is 9.36 Å². The highest BCUT2D eigenvalue weighted by Gasteiger charge is 2.24. The molecule has 0 saturated heterocycles. The van der Waals surface area contributed by atoms with Crippen LogP contribution in [0, 0.1) is 0 Å². The van der Waals surface area contributed by atoms with Gasteiger partial charge in [-0.1, -0.05) is 47.4 Å². The van der Waals surface area contributed by atoms with Gasteiger partial charge in [0.15, 0.2) is 0 Å². The Kier molecular flexibility index (Phi) is 7.25. The van der Waals surface area contributed by atoms with Gasteiger partial charge in [0.25, 0.3) is 10.6 Å². The molecule has 9 heteroatoms. The fourth-order valence-corrected chi connectivity index (χ4v) is 7.55. The number of fused-ring (bicyclic) bond motifs is 2. The number of rotatable bonds is 3. The summed E-state index contributed by atoms with van der Waals surface area (Å²) in [5.74, 6) is -1.08. The smallest absolute Gasteiger partial charge is 0.271 e. The Balaban J connectivity index is 0.000000636. The van der Waals surface area contributed by atoms with Crippen LogP contribution in [-0.4, -0.2) is 17.6 Å². The molecule has 0 atom stereocenters. The number of carboxylic acid groups (broad SMARTS) is 1. The molecule has 4 aromatic rings. The van der Waals surface area contributed by atoms with E-state index >= 15 is 0 Å². The molecule has 3 heterocycles. The summed E-state index contributed by atoms with van der Waals surface area (Å²) in [6.07, 6.45) is 2.18. The molecule has 0 fully saturated rings. The number of aliphatic carboxylic acids is 1. The van der Waals surface area contributed by atoms with Crippen molar-refractivity contribution in [2.24, 2.45) is 0 Å².